The highest BCUT2D eigenvalue weighted by atomic mass is 16.5. The third-order valence-corrected chi connectivity index (χ3v) is 3.87. The van der Waals surface area contributed by atoms with Gasteiger partial charge in [-0.05, 0) is 49.4 Å². The molecule has 0 unspecified atom stereocenters. The van der Waals surface area contributed by atoms with E-state index in [1.165, 1.54) is 32.1 Å². The summed E-state index contributed by atoms with van der Waals surface area (Å²) in [6, 6.07) is 6.07. The summed E-state index contributed by atoms with van der Waals surface area (Å²) >= 11 is 0. The lowest BCUT2D eigenvalue weighted by atomic mass is 9.90. The molecular weight excluding hydrogens is 248 g/mol. The van der Waals surface area contributed by atoms with Gasteiger partial charge in [-0.15, -0.1) is 0 Å². The molecule has 2 heteroatoms. The van der Waals surface area contributed by atoms with Gasteiger partial charge in [0.15, 0.2) is 0 Å². The molecule has 0 saturated heterocycles. The highest BCUT2D eigenvalue weighted by Crippen LogP contribution is 2.25. The van der Waals surface area contributed by atoms with Crippen molar-refractivity contribution in [2.75, 3.05) is 13.2 Å². The third kappa shape index (κ3) is 4.58. The average molecular weight is 272 g/mol. The summed E-state index contributed by atoms with van der Waals surface area (Å²) in [6.45, 7) is 3.01. The molecule has 2 rings (SSSR count). The summed E-state index contributed by atoms with van der Waals surface area (Å²) in [5.74, 6) is 7.71. The molecule has 20 heavy (non-hydrogen) atoms. The molecule has 0 atom stereocenters. The quantitative estimate of drug-likeness (QED) is 0.847. The number of hydrogen-bond acceptors (Lipinski definition) is 2. The van der Waals surface area contributed by atoms with Gasteiger partial charge in [0.25, 0.3) is 0 Å². The Hall–Kier alpha value is -1.46. The number of benzene rings is 1. The van der Waals surface area contributed by atoms with Crippen LogP contribution in [0.1, 0.15) is 49.7 Å². The van der Waals surface area contributed by atoms with Crippen molar-refractivity contribution in [3.8, 4) is 17.6 Å². The standard InChI is InChI=1S/C18H24O2/c1-15-13-18(11-10-17(15)9-5-6-12-19)20-14-16-7-3-2-4-8-16/h10-11,13,16,19H,2-4,6-8,12,14H2,1H3. The van der Waals surface area contributed by atoms with E-state index in [0.717, 1.165) is 29.4 Å². The zero-order chi connectivity index (χ0) is 14.2. The first-order valence-electron chi connectivity index (χ1n) is 7.63. The van der Waals surface area contributed by atoms with Crippen LogP contribution in [0, 0.1) is 24.7 Å². The van der Waals surface area contributed by atoms with Crippen molar-refractivity contribution in [3.05, 3.63) is 29.3 Å². The van der Waals surface area contributed by atoms with Gasteiger partial charge in [0.1, 0.15) is 5.75 Å². The van der Waals surface area contributed by atoms with Gasteiger partial charge < -0.3 is 9.84 Å². The van der Waals surface area contributed by atoms with Crippen molar-refractivity contribution in [1.29, 1.82) is 0 Å². The van der Waals surface area contributed by atoms with E-state index in [9.17, 15) is 0 Å². The molecule has 1 aliphatic rings. The minimum Gasteiger partial charge on any atom is -0.493 e. The molecule has 0 heterocycles. The molecule has 2 nitrogen and oxygen atoms in total. The van der Waals surface area contributed by atoms with Crippen LogP contribution in [-0.4, -0.2) is 18.3 Å². The zero-order valence-electron chi connectivity index (χ0n) is 12.3. The van der Waals surface area contributed by atoms with Gasteiger partial charge in [0, 0.05) is 12.0 Å². The predicted octanol–water partition coefficient (Wildman–Crippen LogP) is 3.69. The maximum atomic E-state index is 8.73. The lowest BCUT2D eigenvalue weighted by Gasteiger charge is -2.21. The predicted molar refractivity (Wildman–Crippen MR) is 81.8 cm³/mol. The second-order valence-electron chi connectivity index (χ2n) is 5.57. The number of aliphatic hydroxyl groups is 1. The summed E-state index contributed by atoms with van der Waals surface area (Å²) in [6.07, 6.45) is 7.24. The first kappa shape index (κ1) is 14.9. The normalized spacial score (nSPS) is 15.5. The van der Waals surface area contributed by atoms with Crippen LogP contribution < -0.4 is 4.74 Å². The first-order chi connectivity index (χ1) is 9.79. The maximum absolute atomic E-state index is 8.73. The molecule has 1 N–H and O–H groups in total. The highest BCUT2D eigenvalue weighted by molar-refractivity contribution is 5.44. The second-order valence-corrected chi connectivity index (χ2v) is 5.57. The minimum absolute atomic E-state index is 0.120. The van der Waals surface area contributed by atoms with Crippen LogP contribution in [0.3, 0.4) is 0 Å². The number of aliphatic hydroxyl groups excluding tert-OH is 1. The molecule has 1 aromatic rings. The van der Waals surface area contributed by atoms with Gasteiger partial charge in [0.2, 0.25) is 0 Å². The molecule has 0 radical (unpaired) electrons. The van der Waals surface area contributed by atoms with Gasteiger partial charge in [-0.2, -0.15) is 0 Å². The average Bonchev–Trinajstić information content (AvgIpc) is 2.48. The summed E-state index contributed by atoms with van der Waals surface area (Å²) < 4.78 is 5.92. The Morgan fingerprint density at radius 3 is 2.75 bits per heavy atom. The van der Waals surface area contributed by atoms with Crippen LogP contribution in [0.25, 0.3) is 0 Å². The van der Waals surface area contributed by atoms with E-state index in [0.29, 0.717) is 6.42 Å². The van der Waals surface area contributed by atoms with E-state index in [2.05, 4.69) is 24.8 Å². The summed E-state index contributed by atoms with van der Waals surface area (Å²) in [5.41, 5.74) is 2.15. The lowest BCUT2D eigenvalue weighted by Crippen LogP contribution is -2.15. The molecular formula is C18H24O2. The molecule has 1 aliphatic carbocycles. The third-order valence-electron chi connectivity index (χ3n) is 3.87. The van der Waals surface area contributed by atoms with Crippen molar-refractivity contribution in [2.45, 2.75) is 45.4 Å². The number of rotatable bonds is 4. The minimum atomic E-state index is 0.120. The molecule has 0 amide bonds. The molecule has 1 saturated carbocycles. The van der Waals surface area contributed by atoms with E-state index >= 15 is 0 Å². The van der Waals surface area contributed by atoms with Crippen molar-refractivity contribution >= 4 is 0 Å². The van der Waals surface area contributed by atoms with E-state index < -0.39 is 0 Å². The van der Waals surface area contributed by atoms with Crippen LogP contribution in [0.2, 0.25) is 0 Å². The Balaban J connectivity index is 1.90. The zero-order valence-corrected chi connectivity index (χ0v) is 12.3. The molecule has 1 fully saturated rings. The van der Waals surface area contributed by atoms with Crippen LogP contribution in [0.5, 0.6) is 5.75 Å². The maximum Gasteiger partial charge on any atom is 0.119 e. The molecule has 0 aromatic heterocycles. The van der Waals surface area contributed by atoms with Crippen LogP contribution >= 0.6 is 0 Å². The molecule has 0 spiro atoms. The lowest BCUT2D eigenvalue weighted by molar-refractivity contribution is 0.209. The molecule has 108 valence electrons. The SMILES string of the molecule is Cc1cc(OCC2CCCCC2)ccc1C#CCCO. The van der Waals surface area contributed by atoms with E-state index in [1.807, 2.05) is 12.1 Å². The summed E-state index contributed by atoms with van der Waals surface area (Å²) in [7, 11) is 0. The number of ether oxygens (including phenoxy) is 1. The van der Waals surface area contributed by atoms with Gasteiger partial charge >= 0.3 is 0 Å². The second kappa shape index (κ2) is 7.97. The van der Waals surface area contributed by atoms with Crippen LogP contribution in [-0.2, 0) is 0 Å². The van der Waals surface area contributed by atoms with E-state index in [1.54, 1.807) is 0 Å². The summed E-state index contributed by atoms with van der Waals surface area (Å²) in [4.78, 5) is 0. The Morgan fingerprint density at radius 1 is 1.25 bits per heavy atom. The van der Waals surface area contributed by atoms with Crippen molar-refractivity contribution in [1.82, 2.24) is 0 Å². The van der Waals surface area contributed by atoms with Gasteiger partial charge in [-0.25, -0.2) is 0 Å². The smallest absolute Gasteiger partial charge is 0.119 e. The fraction of sp³-hybridized carbons (Fsp3) is 0.556. The Kier molecular flexibility index (Phi) is 5.95. The highest BCUT2D eigenvalue weighted by Gasteiger charge is 2.13. The van der Waals surface area contributed by atoms with Crippen molar-refractivity contribution < 1.29 is 9.84 Å². The summed E-state index contributed by atoms with van der Waals surface area (Å²) in [5, 5.41) is 8.73. The monoisotopic (exact) mass is 272 g/mol. The largest absolute Gasteiger partial charge is 0.493 e. The fourth-order valence-corrected chi connectivity index (χ4v) is 2.65. The van der Waals surface area contributed by atoms with Gasteiger partial charge in [0.05, 0.1) is 13.2 Å². The van der Waals surface area contributed by atoms with Crippen molar-refractivity contribution in [2.24, 2.45) is 5.92 Å². The molecule has 0 bridgehead atoms. The molecule has 1 aromatic carbocycles. The Bertz CT molecular complexity index is 476. The fourth-order valence-electron chi connectivity index (χ4n) is 2.65. The topological polar surface area (TPSA) is 29.5 Å². The van der Waals surface area contributed by atoms with Crippen LogP contribution in [0.15, 0.2) is 18.2 Å². The number of hydrogen-bond donors (Lipinski definition) is 1. The van der Waals surface area contributed by atoms with Crippen LogP contribution in [0.4, 0.5) is 0 Å². The first-order valence-corrected chi connectivity index (χ1v) is 7.63. The van der Waals surface area contributed by atoms with E-state index in [-0.39, 0.29) is 6.61 Å². The Morgan fingerprint density at radius 2 is 2.05 bits per heavy atom. The van der Waals surface area contributed by atoms with Gasteiger partial charge in [-0.1, -0.05) is 31.1 Å². The Labute approximate surface area is 122 Å². The number of aryl methyl sites for hydroxylation is 1. The molecule has 0 aliphatic heterocycles. The van der Waals surface area contributed by atoms with Gasteiger partial charge in [-0.3, -0.25) is 0 Å². The van der Waals surface area contributed by atoms with E-state index in [4.69, 9.17) is 9.84 Å². The van der Waals surface area contributed by atoms with Crippen molar-refractivity contribution in [3.63, 3.8) is 0 Å².